The molecule has 1 aromatic heterocycles. The number of rotatable bonds is 3. The Morgan fingerprint density at radius 1 is 1.23 bits per heavy atom. The minimum atomic E-state index is 0.101. The van der Waals surface area contributed by atoms with E-state index in [-0.39, 0.29) is 11.3 Å². The van der Waals surface area contributed by atoms with Crippen molar-refractivity contribution in [3.63, 3.8) is 0 Å². The summed E-state index contributed by atoms with van der Waals surface area (Å²) in [6.07, 6.45) is 4.27. The van der Waals surface area contributed by atoms with Crippen LogP contribution in [0, 0.1) is 17.3 Å². The van der Waals surface area contributed by atoms with E-state index in [2.05, 4.69) is 49.7 Å². The van der Waals surface area contributed by atoms with Gasteiger partial charge in [0.15, 0.2) is 0 Å². The predicted molar refractivity (Wildman–Crippen MR) is 105 cm³/mol. The Kier molecular flexibility index (Phi) is 4.17. The number of nitrogens with zero attached hydrogens (tertiary/aromatic N) is 2. The highest BCUT2D eigenvalue weighted by atomic mass is 16.2. The number of hydrogen-bond acceptors (Lipinski definition) is 2. The lowest BCUT2D eigenvalue weighted by Crippen LogP contribution is -2.39. The molecule has 2 aromatic rings. The van der Waals surface area contributed by atoms with E-state index in [0.717, 1.165) is 42.8 Å². The molecule has 0 bridgehead atoms. The third-order valence-corrected chi connectivity index (χ3v) is 6.29. The summed E-state index contributed by atoms with van der Waals surface area (Å²) in [7, 11) is 0. The number of amides is 1. The monoisotopic (exact) mass is 351 g/mol. The van der Waals surface area contributed by atoms with Crippen LogP contribution in [0.2, 0.25) is 0 Å². The number of carbonyl (C=O) groups is 1. The van der Waals surface area contributed by atoms with Gasteiger partial charge in [0.1, 0.15) is 5.82 Å². The number of para-hydroxylation sites is 2. The SMILES string of the molecule is CC(C)=CC1C(C(=O)N2CCC(c3nc4ccccc4[nH]3)CC2)C1(C)C. The topological polar surface area (TPSA) is 49.0 Å². The van der Waals surface area contributed by atoms with Gasteiger partial charge in [0, 0.05) is 19.0 Å². The highest BCUT2D eigenvalue weighted by molar-refractivity contribution is 5.84. The number of aromatic amines is 1. The zero-order chi connectivity index (χ0) is 18.5. The van der Waals surface area contributed by atoms with Crippen LogP contribution >= 0.6 is 0 Å². The molecule has 1 saturated heterocycles. The third kappa shape index (κ3) is 2.95. The van der Waals surface area contributed by atoms with Crippen molar-refractivity contribution in [2.24, 2.45) is 17.3 Å². The van der Waals surface area contributed by atoms with E-state index < -0.39 is 0 Å². The summed E-state index contributed by atoms with van der Waals surface area (Å²) in [4.78, 5) is 23.3. The molecular weight excluding hydrogens is 322 g/mol. The molecule has 1 amide bonds. The average Bonchev–Trinajstić information content (AvgIpc) is 2.96. The maximum absolute atomic E-state index is 13.0. The van der Waals surface area contributed by atoms with Crippen molar-refractivity contribution >= 4 is 16.9 Å². The maximum Gasteiger partial charge on any atom is 0.226 e. The van der Waals surface area contributed by atoms with Crippen LogP contribution in [0.3, 0.4) is 0 Å². The number of benzene rings is 1. The van der Waals surface area contributed by atoms with Crippen molar-refractivity contribution in [3.05, 3.63) is 41.7 Å². The Hall–Kier alpha value is -2.10. The quantitative estimate of drug-likeness (QED) is 0.827. The van der Waals surface area contributed by atoms with Crippen LogP contribution < -0.4 is 0 Å². The molecule has 0 spiro atoms. The van der Waals surface area contributed by atoms with E-state index in [9.17, 15) is 4.79 Å². The molecule has 2 atom stereocenters. The van der Waals surface area contributed by atoms with Crippen molar-refractivity contribution in [3.8, 4) is 0 Å². The van der Waals surface area contributed by atoms with Crippen LogP contribution in [-0.4, -0.2) is 33.9 Å². The number of fused-ring (bicyclic) bond motifs is 1. The fourth-order valence-corrected chi connectivity index (χ4v) is 4.56. The lowest BCUT2D eigenvalue weighted by Gasteiger charge is -2.31. The molecule has 138 valence electrons. The molecule has 1 saturated carbocycles. The van der Waals surface area contributed by atoms with E-state index in [1.165, 1.54) is 5.57 Å². The highest BCUT2D eigenvalue weighted by Crippen LogP contribution is 2.60. The zero-order valence-electron chi connectivity index (χ0n) is 16.2. The molecule has 4 nitrogen and oxygen atoms in total. The highest BCUT2D eigenvalue weighted by Gasteiger charge is 2.61. The van der Waals surface area contributed by atoms with E-state index in [1.807, 2.05) is 18.2 Å². The fraction of sp³-hybridized carbons (Fsp3) is 0.545. The van der Waals surface area contributed by atoms with E-state index in [1.54, 1.807) is 0 Å². The lowest BCUT2D eigenvalue weighted by atomic mass is 9.95. The van der Waals surface area contributed by atoms with Crippen LogP contribution in [0.25, 0.3) is 11.0 Å². The number of carbonyl (C=O) groups excluding carboxylic acids is 1. The van der Waals surface area contributed by atoms with Crippen LogP contribution in [0.1, 0.15) is 52.3 Å². The van der Waals surface area contributed by atoms with Gasteiger partial charge in [-0.1, -0.05) is 37.6 Å². The normalized spacial score (nSPS) is 25.3. The molecule has 2 fully saturated rings. The van der Waals surface area contributed by atoms with E-state index in [4.69, 9.17) is 4.98 Å². The number of nitrogens with one attached hydrogen (secondary N) is 1. The number of hydrogen-bond donors (Lipinski definition) is 1. The van der Waals surface area contributed by atoms with Gasteiger partial charge in [-0.25, -0.2) is 4.98 Å². The van der Waals surface area contributed by atoms with Crippen LogP contribution in [0.15, 0.2) is 35.9 Å². The van der Waals surface area contributed by atoms with Crippen molar-refractivity contribution in [2.75, 3.05) is 13.1 Å². The van der Waals surface area contributed by atoms with Crippen LogP contribution in [-0.2, 0) is 4.79 Å². The number of piperidine rings is 1. The Labute approximate surface area is 155 Å². The number of H-pyrrole nitrogens is 1. The van der Waals surface area contributed by atoms with Gasteiger partial charge in [-0.3, -0.25) is 4.79 Å². The van der Waals surface area contributed by atoms with Crippen LogP contribution in [0.5, 0.6) is 0 Å². The Bertz CT molecular complexity index is 818. The summed E-state index contributed by atoms with van der Waals surface area (Å²) < 4.78 is 0. The van der Waals surface area contributed by atoms with Crippen molar-refractivity contribution < 1.29 is 4.79 Å². The number of likely N-dealkylation sites (tertiary alicyclic amines) is 1. The second-order valence-electron chi connectivity index (χ2n) is 8.81. The van der Waals surface area contributed by atoms with Crippen LogP contribution in [0.4, 0.5) is 0 Å². The second-order valence-corrected chi connectivity index (χ2v) is 8.81. The van der Waals surface area contributed by atoms with Crippen molar-refractivity contribution in [2.45, 2.75) is 46.5 Å². The summed E-state index contributed by atoms with van der Waals surface area (Å²) in [5.41, 5.74) is 3.54. The van der Waals surface area contributed by atoms with E-state index in [0.29, 0.717) is 17.7 Å². The van der Waals surface area contributed by atoms with Gasteiger partial charge < -0.3 is 9.88 Å². The van der Waals surface area contributed by atoms with Gasteiger partial charge >= 0.3 is 0 Å². The van der Waals surface area contributed by atoms with Crippen molar-refractivity contribution in [1.29, 1.82) is 0 Å². The number of aromatic nitrogens is 2. The molecule has 1 N–H and O–H groups in total. The minimum Gasteiger partial charge on any atom is -0.342 e. The molecule has 4 heteroatoms. The second kappa shape index (κ2) is 6.26. The first-order chi connectivity index (χ1) is 12.4. The Morgan fingerprint density at radius 2 is 1.92 bits per heavy atom. The Morgan fingerprint density at radius 3 is 2.58 bits per heavy atom. The van der Waals surface area contributed by atoms with Gasteiger partial charge in [0.25, 0.3) is 0 Å². The molecular formula is C22H29N3O. The predicted octanol–water partition coefficient (Wildman–Crippen LogP) is 4.51. The number of allylic oxidation sites excluding steroid dienone is 2. The first kappa shape index (κ1) is 17.3. The summed E-state index contributed by atoms with van der Waals surface area (Å²) in [5.74, 6) is 2.40. The first-order valence-electron chi connectivity index (χ1n) is 9.76. The smallest absolute Gasteiger partial charge is 0.226 e. The molecule has 1 aromatic carbocycles. The van der Waals surface area contributed by atoms with Crippen molar-refractivity contribution in [1.82, 2.24) is 14.9 Å². The molecule has 4 rings (SSSR count). The standard InChI is InChI=1S/C22H29N3O/c1-14(2)13-16-19(22(16,3)4)21(26)25-11-9-15(10-12-25)20-23-17-7-5-6-8-18(17)24-20/h5-8,13,15-16,19H,9-12H2,1-4H3,(H,23,24). The van der Waals surface area contributed by atoms with Gasteiger partial charge in [0.05, 0.1) is 17.0 Å². The maximum atomic E-state index is 13.0. The van der Waals surface area contributed by atoms with E-state index >= 15 is 0 Å². The molecule has 26 heavy (non-hydrogen) atoms. The molecule has 2 heterocycles. The molecule has 0 radical (unpaired) electrons. The largest absolute Gasteiger partial charge is 0.342 e. The van der Waals surface area contributed by atoms with Gasteiger partial charge in [0.2, 0.25) is 5.91 Å². The molecule has 1 aliphatic carbocycles. The van der Waals surface area contributed by atoms with Gasteiger partial charge in [-0.2, -0.15) is 0 Å². The first-order valence-corrected chi connectivity index (χ1v) is 9.76. The summed E-state index contributed by atoms with van der Waals surface area (Å²) in [6, 6.07) is 8.18. The summed E-state index contributed by atoms with van der Waals surface area (Å²) in [5, 5.41) is 0. The summed E-state index contributed by atoms with van der Waals surface area (Å²) >= 11 is 0. The minimum absolute atomic E-state index is 0.101. The van der Waals surface area contributed by atoms with Gasteiger partial charge in [-0.05, 0) is 50.2 Å². The number of imidazole rings is 1. The average molecular weight is 351 g/mol. The Balaban J connectivity index is 1.40. The summed E-state index contributed by atoms with van der Waals surface area (Å²) in [6.45, 7) is 10.4. The third-order valence-electron chi connectivity index (χ3n) is 6.29. The fourth-order valence-electron chi connectivity index (χ4n) is 4.56. The van der Waals surface area contributed by atoms with Gasteiger partial charge in [-0.15, -0.1) is 0 Å². The lowest BCUT2D eigenvalue weighted by molar-refractivity contribution is -0.134. The molecule has 1 aliphatic heterocycles. The molecule has 2 aliphatic rings. The molecule has 2 unspecified atom stereocenters. The zero-order valence-corrected chi connectivity index (χ0v) is 16.2.